The number of carbonyl (C=O) groups is 1. The number of rotatable bonds is 7. The number of hydrogen-bond donors (Lipinski definition) is 0. The zero-order valence-electron chi connectivity index (χ0n) is 15.6. The lowest BCUT2D eigenvalue weighted by Crippen LogP contribution is -2.05. The van der Waals surface area contributed by atoms with Crippen molar-refractivity contribution in [3.63, 3.8) is 0 Å². The molecule has 0 N–H and O–H groups in total. The number of benzene rings is 2. The van der Waals surface area contributed by atoms with Gasteiger partial charge in [-0.3, -0.25) is 0 Å². The molecule has 6 nitrogen and oxygen atoms in total. The average Bonchev–Trinajstić information content (AvgIpc) is 2.71. The van der Waals surface area contributed by atoms with Gasteiger partial charge in [-0.25, -0.2) is 9.59 Å². The number of fused-ring (bicyclic) bond motifs is 1. The Morgan fingerprint density at radius 2 is 1.96 bits per heavy atom. The molecule has 0 unspecified atom stereocenters. The third kappa shape index (κ3) is 4.59. The topological polar surface area (TPSA) is 75.0 Å². The van der Waals surface area contributed by atoms with Gasteiger partial charge in [0.1, 0.15) is 23.7 Å². The predicted molar refractivity (Wildman–Crippen MR) is 105 cm³/mol. The summed E-state index contributed by atoms with van der Waals surface area (Å²) < 4.78 is 21.1. The van der Waals surface area contributed by atoms with E-state index in [1.54, 1.807) is 24.3 Å². The van der Waals surface area contributed by atoms with E-state index in [4.69, 9.17) is 18.6 Å². The van der Waals surface area contributed by atoms with E-state index >= 15 is 0 Å². The summed E-state index contributed by atoms with van der Waals surface area (Å²) in [7, 11) is 1.53. The summed E-state index contributed by atoms with van der Waals surface area (Å²) in [6.07, 6.45) is 2.96. The maximum Gasteiger partial charge on any atom is 0.336 e. The van der Waals surface area contributed by atoms with E-state index in [1.165, 1.54) is 19.3 Å². The lowest BCUT2D eigenvalue weighted by atomic mass is 10.1. The Kier molecular flexibility index (Phi) is 6.11. The first-order valence-electron chi connectivity index (χ1n) is 8.78. The fourth-order valence-corrected chi connectivity index (χ4v) is 2.72. The summed E-state index contributed by atoms with van der Waals surface area (Å²) in [5.41, 5.74) is 1.19. The molecule has 0 radical (unpaired) electrons. The third-order valence-electron chi connectivity index (χ3n) is 4.03. The van der Waals surface area contributed by atoms with Crippen LogP contribution in [-0.4, -0.2) is 19.7 Å². The van der Waals surface area contributed by atoms with Gasteiger partial charge in [-0.1, -0.05) is 18.2 Å². The van der Waals surface area contributed by atoms with Gasteiger partial charge >= 0.3 is 11.6 Å². The molecular formula is C22H20O6. The molecule has 0 atom stereocenters. The van der Waals surface area contributed by atoms with Crippen molar-refractivity contribution in [1.29, 1.82) is 0 Å². The first kappa shape index (κ1) is 19.2. The molecule has 1 aromatic heterocycles. The summed E-state index contributed by atoms with van der Waals surface area (Å²) in [5, 5.41) is 0.680. The largest absolute Gasteiger partial charge is 0.497 e. The van der Waals surface area contributed by atoms with E-state index in [1.807, 2.05) is 31.2 Å². The summed E-state index contributed by atoms with van der Waals surface area (Å²) in [4.78, 5) is 23.9. The van der Waals surface area contributed by atoms with Gasteiger partial charge in [0.2, 0.25) is 0 Å². The van der Waals surface area contributed by atoms with Gasteiger partial charge in [-0.05, 0) is 31.2 Å². The molecule has 0 aliphatic carbocycles. The van der Waals surface area contributed by atoms with Crippen LogP contribution >= 0.6 is 0 Å². The second-order valence-corrected chi connectivity index (χ2v) is 5.86. The highest BCUT2D eigenvalue weighted by molar-refractivity contribution is 5.88. The Balaban J connectivity index is 1.74. The van der Waals surface area contributed by atoms with Crippen LogP contribution in [0.5, 0.6) is 11.5 Å². The first-order valence-corrected chi connectivity index (χ1v) is 8.78. The van der Waals surface area contributed by atoms with Crippen LogP contribution in [0.15, 0.2) is 63.8 Å². The molecular weight excluding hydrogens is 360 g/mol. The van der Waals surface area contributed by atoms with Crippen LogP contribution in [-0.2, 0) is 16.1 Å². The van der Waals surface area contributed by atoms with E-state index < -0.39 is 11.6 Å². The molecule has 0 amide bonds. The highest BCUT2D eigenvalue weighted by atomic mass is 16.5. The highest BCUT2D eigenvalue weighted by Crippen LogP contribution is 2.23. The van der Waals surface area contributed by atoms with Crippen molar-refractivity contribution >= 4 is 23.0 Å². The minimum atomic E-state index is -0.527. The highest BCUT2D eigenvalue weighted by Gasteiger charge is 2.09. The van der Waals surface area contributed by atoms with Crippen molar-refractivity contribution in [3.8, 4) is 11.5 Å². The summed E-state index contributed by atoms with van der Waals surface area (Å²) in [6.45, 7) is 2.37. The number of esters is 1. The number of methoxy groups -OCH3 is 1. The van der Waals surface area contributed by atoms with E-state index in [2.05, 4.69) is 0 Å². The molecule has 0 saturated carbocycles. The normalized spacial score (nSPS) is 10.9. The second kappa shape index (κ2) is 8.90. The molecule has 1 heterocycles. The number of para-hydroxylation sites is 1. The Bertz CT molecular complexity index is 1060. The molecule has 2 aromatic carbocycles. The van der Waals surface area contributed by atoms with Crippen molar-refractivity contribution in [3.05, 3.63) is 76.2 Å². The molecule has 0 fully saturated rings. The Morgan fingerprint density at radius 1 is 1.14 bits per heavy atom. The van der Waals surface area contributed by atoms with Crippen LogP contribution in [0.3, 0.4) is 0 Å². The SMILES string of the molecule is CCOc1ccccc1/C=C/C(=O)OCc1cc(=O)oc2cc(OC)ccc12. The van der Waals surface area contributed by atoms with Crippen molar-refractivity contribution in [2.24, 2.45) is 0 Å². The van der Waals surface area contributed by atoms with E-state index in [0.29, 0.717) is 34.6 Å². The molecule has 3 aromatic rings. The fraction of sp³-hybridized carbons (Fsp3) is 0.182. The maximum atomic E-state index is 12.1. The van der Waals surface area contributed by atoms with E-state index in [9.17, 15) is 9.59 Å². The van der Waals surface area contributed by atoms with Gasteiger partial charge in [-0.15, -0.1) is 0 Å². The Labute approximate surface area is 162 Å². The molecule has 28 heavy (non-hydrogen) atoms. The quantitative estimate of drug-likeness (QED) is 0.351. The minimum absolute atomic E-state index is 0.0509. The van der Waals surface area contributed by atoms with Crippen LogP contribution in [0, 0.1) is 0 Å². The molecule has 144 valence electrons. The van der Waals surface area contributed by atoms with Crippen molar-refractivity contribution in [2.75, 3.05) is 13.7 Å². The first-order chi connectivity index (χ1) is 13.6. The summed E-state index contributed by atoms with van der Waals surface area (Å²) >= 11 is 0. The number of hydrogen-bond acceptors (Lipinski definition) is 6. The molecule has 0 aliphatic heterocycles. The van der Waals surface area contributed by atoms with Crippen LogP contribution in [0.2, 0.25) is 0 Å². The average molecular weight is 380 g/mol. The van der Waals surface area contributed by atoms with Gasteiger partial charge in [-0.2, -0.15) is 0 Å². The monoisotopic (exact) mass is 380 g/mol. The number of carbonyl (C=O) groups excluding carboxylic acids is 1. The molecule has 3 rings (SSSR count). The van der Waals surface area contributed by atoms with Gasteiger partial charge in [0.05, 0.1) is 13.7 Å². The Hall–Kier alpha value is -3.54. The van der Waals surface area contributed by atoms with Crippen LogP contribution < -0.4 is 15.1 Å². The Morgan fingerprint density at radius 3 is 2.75 bits per heavy atom. The van der Waals surface area contributed by atoms with Crippen LogP contribution in [0.25, 0.3) is 17.0 Å². The van der Waals surface area contributed by atoms with Crippen molar-refractivity contribution < 1.29 is 23.4 Å². The van der Waals surface area contributed by atoms with E-state index in [0.717, 1.165) is 5.56 Å². The molecule has 6 heteroatoms. The second-order valence-electron chi connectivity index (χ2n) is 5.86. The molecule has 0 bridgehead atoms. The third-order valence-corrected chi connectivity index (χ3v) is 4.03. The van der Waals surface area contributed by atoms with Gasteiger partial charge < -0.3 is 18.6 Å². The summed E-state index contributed by atoms with van der Waals surface area (Å²) in [6, 6.07) is 13.8. The molecule has 0 spiro atoms. The fourth-order valence-electron chi connectivity index (χ4n) is 2.72. The smallest absolute Gasteiger partial charge is 0.336 e. The van der Waals surface area contributed by atoms with Gasteiger partial charge in [0.25, 0.3) is 0 Å². The van der Waals surface area contributed by atoms with Crippen molar-refractivity contribution in [2.45, 2.75) is 13.5 Å². The number of ether oxygens (including phenoxy) is 3. The lowest BCUT2D eigenvalue weighted by Gasteiger charge is -2.08. The van der Waals surface area contributed by atoms with Gasteiger partial charge in [0, 0.05) is 34.7 Å². The zero-order chi connectivity index (χ0) is 19.9. The molecule has 0 aliphatic rings. The lowest BCUT2D eigenvalue weighted by molar-refractivity contribution is -0.138. The predicted octanol–water partition coefficient (Wildman–Crippen LogP) is 3.96. The van der Waals surface area contributed by atoms with E-state index in [-0.39, 0.29) is 6.61 Å². The van der Waals surface area contributed by atoms with Gasteiger partial charge in [0.15, 0.2) is 0 Å². The van der Waals surface area contributed by atoms with Crippen LogP contribution in [0.1, 0.15) is 18.1 Å². The summed E-state index contributed by atoms with van der Waals surface area (Å²) in [5.74, 6) is 0.733. The minimum Gasteiger partial charge on any atom is -0.497 e. The van der Waals surface area contributed by atoms with Crippen molar-refractivity contribution in [1.82, 2.24) is 0 Å². The maximum absolute atomic E-state index is 12.1. The zero-order valence-corrected chi connectivity index (χ0v) is 15.6. The molecule has 0 saturated heterocycles. The van der Waals surface area contributed by atoms with Crippen LogP contribution in [0.4, 0.5) is 0 Å². The standard InChI is InChI=1S/C22H20O6/c1-3-26-19-7-5-4-6-15(19)8-11-21(23)27-14-16-12-22(24)28-20-13-17(25-2)9-10-18(16)20/h4-13H,3,14H2,1-2H3/b11-8+.